The van der Waals surface area contributed by atoms with E-state index >= 15 is 0 Å². The van der Waals surface area contributed by atoms with Crippen LogP contribution < -0.4 is 5.32 Å². The van der Waals surface area contributed by atoms with E-state index in [4.69, 9.17) is 22.4 Å². The van der Waals surface area contributed by atoms with Gasteiger partial charge in [-0.3, -0.25) is 4.79 Å². The molecule has 0 aliphatic carbocycles. The van der Waals surface area contributed by atoms with Crippen LogP contribution in [0.2, 0.25) is 0 Å². The molecule has 8 heteroatoms. The molecule has 0 aromatic rings. The Labute approximate surface area is 97.7 Å². The van der Waals surface area contributed by atoms with Gasteiger partial charge in [0.25, 0.3) is 0 Å². The molecule has 0 rings (SSSR count). The molecule has 0 aliphatic heterocycles. The van der Waals surface area contributed by atoms with E-state index in [9.17, 15) is 9.59 Å². The molecule has 3 N–H and O–H groups in total. The number of hydrazone groups is 1. The van der Waals surface area contributed by atoms with Crippen LogP contribution in [0.15, 0.2) is 5.10 Å². The summed E-state index contributed by atoms with van der Waals surface area (Å²) in [5.41, 5.74) is -0.248. The number of thiocarbonyl (C=S) groups is 1. The van der Waals surface area contributed by atoms with Gasteiger partial charge in [0.05, 0.1) is 6.42 Å². The molecule has 7 nitrogen and oxygen atoms in total. The third-order valence-electron chi connectivity index (χ3n) is 1.60. The summed E-state index contributed by atoms with van der Waals surface area (Å²) in [5, 5.41) is 24.9. The summed E-state index contributed by atoms with van der Waals surface area (Å²) < 4.78 is 0. The van der Waals surface area contributed by atoms with Crippen LogP contribution in [0.3, 0.4) is 0 Å². The first kappa shape index (κ1) is 14.3. The van der Waals surface area contributed by atoms with E-state index in [-0.39, 0.29) is 23.7 Å². The van der Waals surface area contributed by atoms with Gasteiger partial charge in [-0.1, -0.05) is 0 Å². The van der Waals surface area contributed by atoms with Crippen molar-refractivity contribution in [2.45, 2.75) is 12.8 Å². The third-order valence-corrected chi connectivity index (χ3v) is 2.07. The van der Waals surface area contributed by atoms with Crippen LogP contribution in [0.5, 0.6) is 0 Å². The molecule has 0 radical (unpaired) electrons. The van der Waals surface area contributed by atoms with Crippen molar-refractivity contribution < 1.29 is 19.8 Å². The summed E-state index contributed by atoms with van der Waals surface area (Å²) in [5.74, 6) is -2.33. The molecular formula is C8H13N3O4S. The summed E-state index contributed by atoms with van der Waals surface area (Å²) in [7, 11) is 3.05. The molecule has 0 saturated carbocycles. The Balaban J connectivity index is 4.64. The maximum atomic E-state index is 10.7. The molecular weight excluding hydrogens is 234 g/mol. The van der Waals surface area contributed by atoms with E-state index in [0.29, 0.717) is 0 Å². The predicted molar refractivity (Wildman–Crippen MR) is 61.4 cm³/mol. The number of rotatable bonds is 5. The van der Waals surface area contributed by atoms with Gasteiger partial charge in [0.15, 0.2) is 5.11 Å². The first-order valence-electron chi connectivity index (χ1n) is 4.36. The van der Waals surface area contributed by atoms with E-state index in [1.165, 1.54) is 12.1 Å². The number of nitrogens with zero attached hydrogens (tertiary/aromatic N) is 2. The van der Waals surface area contributed by atoms with Gasteiger partial charge in [-0.15, -0.1) is 0 Å². The lowest BCUT2D eigenvalue weighted by atomic mass is 10.2. The molecule has 0 heterocycles. The van der Waals surface area contributed by atoms with Crippen molar-refractivity contribution in [1.82, 2.24) is 10.3 Å². The average molecular weight is 247 g/mol. The summed E-state index contributed by atoms with van der Waals surface area (Å²) >= 11 is 4.82. The number of carboxylic acid groups (broad SMARTS) is 2. The molecule has 16 heavy (non-hydrogen) atoms. The van der Waals surface area contributed by atoms with Gasteiger partial charge >= 0.3 is 11.9 Å². The molecule has 0 fully saturated rings. The Kier molecular flexibility index (Phi) is 6.01. The number of carbonyl (C=O) groups is 2. The van der Waals surface area contributed by atoms with Crippen molar-refractivity contribution in [2.24, 2.45) is 5.10 Å². The molecule has 0 bridgehead atoms. The lowest BCUT2D eigenvalue weighted by molar-refractivity contribution is -0.136. The number of hydrogen-bond donors (Lipinski definition) is 3. The van der Waals surface area contributed by atoms with Crippen LogP contribution in [0, 0.1) is 0 Å². The van der Waals surface area contributed by atoms with Crippen LogP contribution in [0.1, 0.15) is 12.8 Å². The molecule has 0 spiro atoms. The van der Waals surface area contributed by atoms with Crippen LogP contribution >= 0.6 is 12.2 Å². The normalized spacial score (nSPS) is 10.8. The minimum absolute atomic E-state index is 0.151. The number of aliphatic carboxylic acids is 2. The fraction of sp³-hybridized carbons (Fsp3) is 0.500. The molecule has 0 aromatic heterocycles. The van der Waals surface area contributed by atoms with Crippen molar-refractivity contribution in [3.63, 3.8) is 0 Å². The fourth-order valence-corrected chi connectivity index (χ4v) is 0.854. The highest BCUT2D eigenvalue weighted by Gasteiger charge is 2.13. The zero-order valence-corrected chi connectivity index (χ0v) is 9.74. The smallest absolute Gasteiger partial charge is 0.352 e. The molecule has 0 unspecified atom stereocenters. The highest BCUT2D eigenvalue weighted by molar-refractivity contribution is 7.80. The minimum atomic E-state index is -1.26. The van der Waals surface area contributed by atoms with E-state index < -0.39 is 11.9 Å². The number of nitrogens with one attached hydrogen (secondary N) is 1. The topological polar surface area (TPSA) is 102 Å². The zero-order valence-electron chi connectivity index (χ0n) is 8.93. The summed E-state index contributed by atoms with van der Waals surface area (Å²) in [6, 6.07) is 0. The van der Waals surface area contributed by atoms with Gasteiger partial charge in [0.2, 0.25) is 0 Å². The molecule has 0 amide bonds. The summed E-state index contributed by atoms with van der Waals surface area (Å²) in [6.07, 6.45) is -0.438. The van der Waals surface area contributed by atoms with E-state index in [1.807, 2.05) is 0 Å². The zero-order chi connectivity index (χ0) is 12.7. The first-order chi connectivity index (χ1) is 7.38. The second-order valence-electron chi connectivity index (χ2n) is 2.82. The van der Waals surface area contributed by atoms with Gasteiger partial charge in [0.1, 0.15) is 5.71 Å². The fourth-order valence-electron chi connectivity index (χ4n) is 0.813. The summed E-state index contributed by atoms with van der Waals surface area (Å²) in [4.78, 5) is 21.0. The largest absolute Gasteiger partial charge is 0.481 e. The minimum Gasteiger partial charge on any atom is -0.481 e. The Morgan fingerprint density at radius 2 is 1.94 bits per heavy atom. The second-order valence-corrected chi connectivity index (χ2v) is 3.21. The lowest BCUT2D eigenvalue weighted by Gasteiger charge is -2.14. The molecule has 90 valence electrons. The van der Waals surface area contributed by atoms with Gasteiger partial charge in [-0.25, -0.2) is 9.80 Å². The highest BCUT2D eigenvalue weighted by atomic mass is 32.1. The molecule has 0 aliphatic rings. The van der Waals surface area contributed by atoms with Crippen LogP contribution in [-0.2, 0) is 9.59 Å². The summed E-state index contributed by atoms with van der Waals surface area (Å²) in [6.45, 7) is 0. The van der Waals surface area contributed by atoms with Crippen LogP contribution in [0.4, 0.5) is 0 Å². The SMILES string of the molecule is CNC(=S)N(C)/N=C(/CCC(=O)O)C(=O)O. The molecule has 0 saturated heterocycles. The van der Waals surface area contributed by atoms with Crippen molar-refractivity contribution in [3.05, 3.63) is 0 Å². The number of carboxylic acids is 2. The van der Waals surface area contributed by atoms with E-state index in [0.717, 1.165) is 0 Å². The van der Waals surface area contributed by atoms with Crippen molar-refractivity contribution in [3.8, 4) is 0 Å². The average Bonchev–Trinajstić information content (AvgIpc) is 2.21. The lowest BCUT2D eigenvalue weighted by Crippen LogP contribution is -2.32. The number of hydrogen-bond acceptors (Lipinski definition) is 4. The Bertz CT molecular complexity index is 329. The van der Waals surface area contributed by atoms with Gasteiger partial charge in [-0.2, -0.15) is 5.10 Å². The molecule has 0 atom stereocenters. The van der Waals surface area contributed by atoms with Crippen molar-refractivity contribution in [2.75, 3.05) is 14.1 Å². The van der Waals surface area contributed by atoms with Crippen molar-refractivity contribution in [1.29, 1.82) is 0 Å². The third kappa shape index (κ3) is 5.25. The first-order valence-corrected chi connectivity index (χ1v) is 4.77. The van der Waals surface area contributed by atoms with Crippen molar-refractivity contribution >= 4 is 35.0 Å². The quantitative estimate of drug-likeness (QED) is 0.349. The van der Waals surface area contributed by atoms with E-state index in [2.05, 4.69) is 10.4 Å². The van der Waals surface area contributed by atoms with Crippen LogP contribution in [0.25, 0.3) is 0 Å². The second kappa shape index (κ2) is 6.72. The van der Waals surface area contributed by atoms with Crippen LogP contribution in [-0.4, -0.2) is 52.1 Å². The maximum Gasteiger partial charge on any atom is 0.352 e. The Morgan fingerprint density at radius 3 is 2.31 bits per heavy atom. The molecule has 0 aromatic carbocycles. The predicted octanol–water partition coefficient (Wildman–Crippen LogP) is -0.272. The van der Waals surface area contributed by atoms with Gasteiger partial charge in [-0.05, 0) is 12.2 Å². The monoisotopic (exact) mass is 247 g/mol. The standard InChI is InChI=1S/C8H13N3O4S/c1-9-8(16)11(2)10-5(7(14)15)3-4-6(12)13/h3-4H2,1-2H3,(H,9,16)(H,12,13)(H,14,15)/b10-5-. The Morgan fingerprint density at radius 1 is 1.38 bits per heavy atom. The highest BCUT2D eigenvalue weighted by Crippen LogP contribution is 1.97. The van der Waals surface area contributed by atoms with Gasteiger partial charge in [0, 0.05) is 20.5 Å². The maximum absolute atomic E-state index is 10.7. The van der Waals surface area contributed by atoms with E-state index in [1.54, 1.807) is 7.05 Å². The van der Waals surface area contributed by atoms with Gasteiger partial charge < -0.3 is 15.5 Å². The Hall–Kier alpha value is -1.70.